The highest BCUT2D eigenvalue weighted by atomic mass is 35.5. The first-order valence-electron chi connectivity index (χ1n) is 7.31. The molecule has 118 valence electrons. The predicted molar refractivity (Wildman–Crippen MR) is 98.4 cm³/mol. The van der Waals surface area contributed by atoms with E-state index in [-0.39, 0.29) is 11.9 Å². The molecule has 1 atom stereocenters. The number of nitrogens with one attached hydrogen (secondary N) is 1. The summed E-state index contributed by atoms with van der Waals surface area (Å²) in [6, 6.07) is 13.7. The van der Waals surface area contributed by atoms with Crippen LogP contribution in [0.5, 0.6) is 0 Å². The monoisotopic (exact) mass is 361 g/mol. The number of carbonyl (C=O) groups excluding carboxylic acids is 1. The Bertz CT molecular complexity index is 719. The molecular weight excluding hydrogens is 346 g/mol. The fourth-order valence-corrected chi connectivity index (χ4v) is 4.10. The lowest BCUT2D eigenvalue weighted by atomic mass is 10.1. The maximum Gasteiger partial charge on any atom is 0.221 e. The summed E-state index contributed by atoms with van der Waals surface area (Å²) in [4.78, 5) is 13.5. The average Bonchev–Trinajstić information content (AvgIpc) is 3.24. The first-order chi connectivity index (χ1) is 11.2. The van der Waals surface area contributed by atoms with Gasteiger partial charge < -0.3 is 5.32 Å². The van der Waals surface area contributed by atoms with Crippen molar-refractivity contribution in [2.75, 3.05) is 0 Å². The summed E-state index contributed by atoms with van der Waals surface area (Å²) < 4.78 is 0. The number of thiophene rings is 2. The maximum absolute atomic E-state index is 12.4. The number of benzene rings is 1. The van der Waals surface area contributed by atoms with Crippen LogP contribution in [-0.2, 0) is 11.2 Å². The molecule has 0 fully saturated rings. The molecule has 3 rings (SSSR count). The van der Waals surface area contributed by atoms with Crippen molar-refractivity contribution in [2.45, 2.75) is 18.9 Å². The highest BCUT2D eigenvalue weighted by Crippen LogP contribution is 2.27. The predicted octanol–water partition coefficient (Wildman–Crippen LogP) is 5.30. The quantitative estimate of drug-likeness (QED) is 0.634. The van der Waals surface area contributed by atoms with Crippen molar-refractivity contribution in [1.82, 2.24) is 5.32 Å². The lowest BCUT2D eigenvalue weighted by Crippen LogP contribution is -2.28. The van der Waals surface area contributed by atoms with Gasteiger partial charge in [-0.15, -0.1) is 11.3 Å². The number of halogens is 1. The molecule has 0 aliphatic carbocycles. The van der Waals surface area contributed by atoms with E-state index in [9.17, 15) is 4.79 Å². The topological polar surface area (TPSA) is 29.1 Å². The molecule has 2 aromatic heterocycles. The molecule has 23 heavy (non-hydrogen) atoms. The van der Waals surface area contributed by atoms with Crippen LogP contribution >= 0.6 is 34.3 Å². The zero-order valence-electron chi connectivity index (χ0n) is 12.4. The number of rotatable bonds is 6. The van der Waals surface area contributed by atoms with E-state index in [2.05, 4.69) is 22.8 Å². The second kappa shape index (κ2) is 7.77. The van der Waals surface area contributed by atoms with Gasteiger partial charge in [-0.05, 0) is 58.0 Å². The minimum Gasteiger partial charge on any atom is -0.344 e. The molecule has 1 amide bonds. The summed E-state index contributed by atoms with van der Waals surface area (Å²) in [5.41, 5.74) is 2.21. The number of hydrogen-bond acceptors (Lipinski definition) is 3. The molecule has 0 spiro atoms. The van der Waals surface area contributed by atoms with E-state index in [0.29, 0.717) is 17.9 Å². The summed E-state index contributed by atoms with van der Waals surface area (Å²) >= 11 is 9.28. The van der Waals surface area contributed by atoms with Gasteiger partial charge in [-0.25, -0.2) is 0 Å². The smallest absolute Gasteiger partial charge is 0.221 e. The summed E-state index contributed by atoms with van der Waals surface area (Å²) in [6.07, 6.45) is 1.14. The largest absolute Gasteiger partial charge is 0.344 e. The fraction of sp³-hybridized carbons (Fsp3) is 0.167. The standard InChI is InChI=1S/C18H16ClNOS2/c19-15-4-1-3-13(11-15)6-7-17(21)20-18(14-8-10-22-12-14)16-5-2-9-23-16/h1-5,8-12,18H,6-7H2,(H,20,21)/t18-/m1/s1. The molecule has 3 aromatic rings. The molecule has 5 heteroatoms. The van der Waals surface area contributed by atoms with Crippen molar-refractivity contribution in [3.8, 4) is 0 Å². The van der Waals surface area contributed by atoms with Gasteiger partial charge in [0.25, 0.3) is 0 Å². The van der Waals surface area contributed by atoms with Gasteiger partial charge in [0.2, 0.25) is 5.91 Å². The van der Waals surface area contributed by atoms with E-state index in [1.165, 1.54) is 0 Å². The molecule has 0 aliphatic heterocycles. The number of aryl methyl sites for hydroxylation is 1. The van der Waals surface area contributed by atoms with Gasteiger partial charge in [-0.2, -0.15) is 11.3 Å². The van der Waals surface area contributed by atoms with Gasteiger partial charge in [-0.1, -0.05) is 29.8 Å². The maximum atomic E-state index is 12.4. The summed E-state index contributed by atoms with van der Waals surface area (Å²) in [5, 5.41) is 10.0. The van der Waals surface area contributed by atoms with Gasteiger partial charge >= 0.3 is 0 Å². The van der Waals surface area contributed by atoms with Crippen molar-refractivity contribution in [2.24, 2.45) is 0 Å². The molecule has 0 saturated heterocycles. The van der Waals surface area contributed by atoms with Gasteiger partial charge in [0.05, 0.1) is 6.04 Å². The molecule has 1 aromatic carbocycles. The first-order valence-corrected chi connectivity index (χ1v) is 9.52. The molecule has 0 aliphatic rings. The Morgan fingerprint density at radius 1 is 1.17 bits per heavy atom. The third kappa shape index (κ3) is 4.44. The van der Waals surface area contributed by atoms with E-state index in [1.807, 2.05) is 41.1 Å². The van der Waals surface area contributed by atoms with E-state index < -0.39 is 0 Å². The minimum atomic E-state index is -0.0619. The van der Waals surface area contributed by atoms with Crippen molar-refractivity contribution in [3.05, 3.63) is 79.6 Å². The van der Waals surface area contributed by atoms with Gasteiger partial charge in [0.15, 0.2) is 0 Å². The molecule has 1 N–H and O–H groups in total. The summed E-state index contributed by atoms with van der Waals surface area (Å²) in [7, 11) is 0. The number of carbonyl (C=O) groups is 1. The highest BCUT2D eigenvalue weighted by Gasteiger charge is 2.18. The van der Waals surface area contributed by atoms with Crippen LogP contribution in [0.2, 0.25) is 5.02 Å². The normalized spacial score (nSPS) is 12.0. The Hall–Kier alpha value is -1.62. The molecule has 0 unspecified atom stereocenters. The highest BCUT2D eigenvalue weighted by molar-refractivity contribution is 7.10. The Balaban J connectivity index is 1.65. The zero-order valence-corrected chi connectivity index (χ0v) is 14.8. The van der Waals surface area contributed by atoms with E-state index >= 15 is 0 Å². The van der Waals surface area contributed by atoms with Crippen LogP contribution in [0.25, 0.3) is 0 Å². The van der Waals surface area contributed by atoms with Crippen LogP contribution in [0.1, 0.15) is 28.5 Å². The molecule has 2 heterocycles. The molecule has 0 saturated carbocycles. The van der Waals surface area contributed by atoms with Gasteiger partial charge in [-0.3, -0.25) is 4.79 Å². The van der Waals surface area contributed by atoms with Crippen LogP contribution < -0.4 is 5.32 Å². The van der Waals surface area contributed by atoms with Crippen molar-refractivity contribution < 1.29 is 4.79 Å². The van der Waals surface area contributed by atoms with Crippen LogP contribution in [-0.4, -0.2) is 5.91 Å². The molecular formula is C18H16ClNOS2. The second-order valence-electron chi connectivity index (χ2n) is 5.20. The van der Waals surface area contributed by atoms with Crippen LogP contribution in [0.4, 0.5) is 0 Å². The Labute approximate surface area is 148 Å². The third-order valence-corrected chi connectivity index (χ3v) is 5.41. The molecule has 0 radical (unpaired) electrons. The average molecular weight is 362 g/mol. The van der Waals surface area contributed by atoms with Crippen LogP contribution in [0, 0.1) is 0 Å². The molecule has 0 bridgehead atoms. The van der Waals surface area contributed by atoms with Crippen molar-refractivity contribution in [1.29, 1.82) is 0 Å². The Morgan fingerprint density at radius 3 is 2.78 bits per heavy atom. The SMILES string of the molecule is O=C(CCc1cccc(Cl)c1)N[C@H](c1ccsc1)c1cccs1. The third-order valence-electron chi connectivity index (χ3n) is 3.54. The van der Waals surface area contributed by atoms with Crippen LogP contribution in [0.15, 0.2) is 58.6 Å². The second-order valence-corrected chi connectivity index (χ2v) is 7.40. The lowest BCUT2D eigenvalue weighted by molar-refractivity contribution is -0.121. The van der Waals surface area contributed by atoms with Crippen molar-refractivity contribution in [3.63, 3.8) is 0 Å². The van der Waals surface area contributed by atoms with Crippen LogP contribution in [0.3, 0.4) is 0 Å². The van der Waals surface area contributed by atoms with Gasteiger partial charge in [0, 0.05) is 16.3 Å². The lowest BCUT2D eigenvalue weighted by Gasteiger charge is -2.16. The summed E-state index contributed by atoms with van der Waals surface area (Å²) in [5.74, 6) is 0.0505. The number of amides is 1. The Kier molecular flexibility index (Phi) is 5.49. The first kappa shape index (κ1) is 16.2. The van der Waals surface area contributed by atoms with Gasteiger partial charge in [0.1, 0.15) is 0 Å². The number of hydrogen-bond donors (Lipinski definition) is 1. The molecule has 2 nitrogen and oxygen atoms in total. The minimum absolute atomic E-state index is 0.0505. The fourth-order valence-electron chi connectivity index (χ4n) is 2.40. The zero-order chi connectivity index (χ0) is 16.1. The van der Waals surface area contributed by atoms with E-state index in [0.717, 1.165) is 16.0 Å². The van der Waals surface area contributed by atoms with E-state index in [4.69, 9.17) is 11.6 Å². The Morgan fingerprint density at radius 2 is 2.09 bits per heavy atom. The van der Waals surface area contributed by atoms with E-state index in [1.54, 1.807) is 22.7 Å². The van der Waals surface area contributed by atoms with Crippen molar-refractivity contribution >= 4 is 40.2 Å². The summed E-state index contributed by atoms with van der Waals surface area (Å²) in [6.45, 7) is 0.